The summed E-state index contributed by atoms with van der Waals surface area (Å²) in [6.07, 6.45) is -1.25. The predicted molar refractivity (Wildman–Crippen MR) is 119 cm³/mol. The average Bonchev–Trinajstić information content (AvgIpc) is 2.96. The Bertz CT molecular complexity index is 1100. The number of rotatable bonds is 9. The van der Waals surface area contributed by atoms with E-state index < -0.39 is 40.0 Å². The zero-order valence-corrected chi connectivity index (χ0v) is 19.2. The summed E-state index contributed by atoms with van der Waals surface area (Å²) in [6, 6.07) is 8.75. The van der Waals surface area contributed by atoms with Gasteiger partial charge in [0.1, 0.15) is 16.1 Å². The van der Waals surface area contributed by atoms with Gasteiger partial charge in [0.05, 0.1) is 25.5 Å². The first kappa shape index (κ1) is 23.8. The second-order valence-corrected chi connectivity index (χ2v) is 9.81. The van der Waals surface area contributed by atoms with Crippen LogP contribution in [0.2, 0.25) is 0 Å². The van der Waals surface area contributed by atoms with Gasteiger partial charge in [-0.2, -0.15) is 0 Å². The molecule has 1 amide bonds. The van der Waals surface area contributed by atoms with Gasteiger partial charge in [0.2, 0.25) is 0 Å². The van der Waals surface area contributed by atoms with E-state index in [1.54, 1.807) is 43.3 Å². The summed E-state index contributed by atoms with van der Waals surface area (Å²) in [7, 11) is -2.05. The number of ether oxygens (including phenoxy) is 2. The quantitative estimate of drug-likeness (QED) is 0.482. The van der Waals surface area contributed by atoms with E-state index in [0.29, 0.717) is 29.4 Å². The molecule has 3 rings (SSSR count). The standard InChI is InChI=1S/C22H28N2O7S/c1-5-31-19-11-14(9-10-18(19)30-3)17(12-32(4,28)29)24-21(26)15-7-6-8-16(23-13(2)25)20(15)22(24)27/h6-11,13,17,22-23,25,27H,5,12H2,1-4H3/t13?,17-,22?/m1/s1. The molecule has 0 saturated carbocycles. The minimum atomic E-state index is -3.55. The van der Waals surface area contributed by atoms with Gasteiger partial charge in [-0.25, -0.2) is 8.42 Å². The number of sulfone groups is 1. The summed E-state index contributed by atoms with van der Waals surface area (Å²) in [5, 5.41) is 23.7. The van der Waals surface area contributed by atoms with Crippen molar-refractivity contribution in [3.8, 4) is 11.5 Å². The highest BCUT2D eigenvalue weighted by Gasteiger charge is 2.43. The number of methoxy groups -OCH3 is 1. The van der Waals surface area contributed by atoms with E-state index in [1.165, 1.54) is 14.0 Å². The van der Waals surface area contributed by atoms with Crippen LogP contribution >= 0.6 is 0 Å². The monoisotopic (exact) mass is 464 g/mol. The van der Waals surface area contributed by atoms with Crippen molar-refractivity contribution in [3.05, 3.63) is 53.1 Å². The summed E-state index contributed by atoms with van der Waals surface area (Å²) in [6.45, 7) is 3.68. The van der Waals surface area contributed by atoms with E-state index >= 15 is 0 Å². The van der Waals surface area contributed by atoms with Crippen molar-refractivity contribution in [2.24, 2.45) is 0 Å². The Morgan fingerprint density at radius 1 is 1.22 bits per heavy atom. The number of anilines is 1. The van der Waals surface area contributed by atoms with Crippen molar-refractivity contribution in [2.45, 2.75) is 32.3 Å². The number of aliphatic hydroxyl groups is 2. The Morgan fingerprint density at radius 3 is 2.53 bits per heavy atom. The van der Waals surface area contributed by atoms with Gasteiger partial charge < -0.3 is 29.9 Å². The minimum absolute atomic E-state index is 0.236. The second-order valence-electron chi connectivity index (χ2n) is 7.62. The van der Waals surface area contributed by atoms with E-state index in [1.807, 2.05) is 0 Å². The van der Waals surface area contributed by atoms with Crippen LogP contribution in [-0.2, 0) is 9.84 Å². The van der Waals surface area contributed by atoms with Crippen LogP contribution in [0.4, 0.5) is 5.69 Å². The van der Waals surface area contributed by atoms with E-state index in [9.17, 15) is 23.4 Å². The molecule has 2 unspecified atom stereocenters. The maximum absolute atomic E-state index is 13.3. The smallest absolute Gasteiger partial charge is 0.257 e. The van der Waals surface area contributed by atoms with Gasteiger partial charge in [-0.1, -0.05) is 12.1 Å². The molecule has 0 saturated heterocycles. The molecule has 0 fully saturated rings. The molecule has 3 N–H and O–H groups in total. The van der Waals surface area contributed by atoms with Crippen molar-refractivity contribution in [1.29, 1.82) is 0 Å². The van der Waals surface area contributed by atoms with Crippen molar-refractivity contribution in [1.82, 2.24) is 4.90 Å². The van der Waals surface area contributed by atoms with Gasteiger partial charge in [-0.05, 0) is 43.7 Å². The van der Waals surface area contributed by atoms with Crippen LogP contribution in [-0.4, -0.2) is 61.4 Å². The number of aliphatic hydroxyl groups excluding tert-OH is 2. The zero-order valence-electron chi connectivity index (χ0n) is 18.4. The third kappa shape index (κ3) is 4.82. The van der Waals surface area contributed by atoms with Gasteiger partial charge in [0.25, 0.3) is 5.91 Å². The van der Waals surface area contributed by atoms with E-state index in [4.69, 9.17) is 9.47 Å². The fraction of sp³-hybridized carbons (Fsp3) is 0.409. The number of benzene rings is 2. The van der Waals surface area contributed by atoms with Crippen LogP contribution in [0, 0.1) is 0 Å². The molecule has 0 bridgehead atoms. The first-order valence-electron chi connectivity index (χ1n) is 10.1. The van der Waals surface area contributed by atoms with E-state index in [-0.39, 0.29) is 11.1 Å². The molecule has 0 aromatic heterocycles. The molecular weight excluding hydrogens is 436 g/mol. The number of hydrogen-bond donors (Lipinski definition) is 3. The minimum Gasteiger partial charge on any atom is -0.493 e. The SMILES string of the molecule is CCOc1cc([C@@H](CS(C)(=O)=O)N2C(=O)c3cccc(NC(C)O)c3C2O)ccc1OC. The lowest BCUT2D eigenvalue weighted by atomic mass is 10.1. The lowest BCUT2D eigenvalue weighted by Gasteiger charge is -2.31. The first-order valence-corrected chi connectivity index (χ1v) is 12.2. The fourth-order valence-electron chi connectivity index (χ4n) is 3.87. The van der Waals surface area contributed by atoms with Crippen LogP contribution in [0.1, 0.15) is 47.6 Å². The zero-order chi connectivity index (χ0) is 23.6. The number of carbonyl (C=O) groups is 1. The van der Waals surface area contributed by atoms with Crippen molar-refractivity contribution in [3.63, 3.8) is 0 Å². The third-order valence-electron chi connectivity index (χ3n) is 5.13. The average molecular weight is 465 g/mol. The molecular formula is C22H28N2O7S. The molecule has 2 aromatic carbocycles. The normalized spacial score (nSPS) is 17.6. The molecule has 9 nitrogen and oxygen atoms in total. The molecule has 32 heavy (non-hydrogen) atoms. The second kappa shape index (κ2) is 9.35. The molecule has 174 valence electrons. The van der Waals surface area contributed by atoms with Crippen LogP contribution in [0.25, 0.3) is 0 Å². The molecule has 0 aliphatic carbocycles. The summed E-state index contributed by atoms with van der Waals surface area (Å²) >= 11 is 0. The molecule has 2 aromatic rings. The lowest BCUT2D eigenvalue weighted by molar-refractivity contribution is 0.000553. The largest absolute Gasteiger partial charge is 0.493 e. The van der Waals surface area contributed by atoms with Crippen molar-refractivity contribution < 1.29 is 32.9 Å². The summed E-state index contributed by atoms with van der Waals surface area (Å²) in [5.41, 5.74) is 1.39. The third-order valence-corrected chi connectivity index (χ3v) is 6.05. The van der Waals surface area contributed by atoms with Gasteiger partial charge >= 0.3 is 0 Å². The predicted octanol–water partition coefficient (Wildman–Crippen LogP) is 2.08. The first-order chi connectivity index (χ1) is 15.1. The summed E-state index contributed by atoms with van der Waals surface area (Å²) in [4.78, 5) is 14.5. The summed E-state index contributed by atoms with van der Waals surface area (Å²) in [5.74, 6) is -0.0418. The number of carbonyl (C=O) groups excluding carboxylic acids is 1. The summed E-state index contributed by atoms with van der Waals surface area (Å²) < 4.78 is 35.5. The maximum atomic E-state index is 13.3. The Balaban J connectivity index is 2.11. The lowest BCUT2D eigenvalue weighted by Crippen LogP contribution is -2.36. The van der Waals surface area contributed by atoms with Gasteiger partial charge in [0, 0.05) is 23.1 Å². The topological polar surface area (TPSA) is 125 Å². The number of amides is 1. The Labute approximate surface area is 187 Å². The number of nitrogens with zero attached hydrogens (tertiary/aromatic N) is 1. The molecule has 0 spiro atoms. The van der Waals surface area contributed by atoms with Crippen molar-refractivity contribution in [2.75, 3.05) is 31.0 Å². The van der Waals surface area contributed by atoms with Crippen LogP contribution < -0.4 is 14.8 Å². The van der Waals surface area contributed by atoms with Crippen molar-refractivity contribution >= 4 is 21.4 Å². The number of fused-ring (bicyclic) bond motifs is 1. The highest BCUT2D eigenvalue weighted by Crippen LogP contribution is 2.43. The highest BCUT2D eigenvalue weighted by molar-refractivity contribution is 7.90. The molecule has 1 aliphatic heterocycles. The van der Waals surface area contributed by atoms with Crippen LogP contribution in [0.3, 0.4) is 0 Å². The molecule has 1 heterocycles. The fourth-order valence-corrected chi connectivity index (χ4v) is 4.80. The Hall–Kier alpha value is -2.82. The number of hydrogen-bond acceptors (Lipinski definition) is 8. The molecule has 3 atom stereocenters. The van der Waals surface area contributed by atoms with Crippen LogP contribution in [0.5, 0.6) is 11.5 Å². The van der Waals surface area contributed by atoms with Gasteiger partial charge in [-0.15, -0.1) is 0 Å². The van der Waals surface area contributed by atoms with E-state index in [2.05, 4.69) is 5.32 Å². The van der Waals surface area contributed by atoms with E-state index in [0.717, 1.165) is 11.2 Å². The van der Waals surface area contributed by atoms with Gasteiger partial charge in [-0.3, -0.25) is 4.79 Å². The van der Waals surface area contributed by atoms with Gasteiger partial charge in [0.15, 0.2) is 17.7 Å². The molecule has 0 radical (unpaired) electrons. The Kier molecular flexibility index (Phi) is 6.97. The highest BCUT2D eigenvalue weighted by atomic mass is 32.2. The van der Waals surface area contributed by atoms with Crippen LogP contribution in [0.15, 0.2) is 36.4 Å². The molecule has 1 aliphatic rings. The molecule has 10 heteroatoms. The Morgan fingerprint density at radius 2 is 1.94 bits per heavy atom. The maximum Gasteiger partial charge on any atom is 0.257 e. The number of nitrogens with one attached hydrogen (secondary N) is 1.